The van der Waals surface area contributed by atoms with Crippen molar-refractivity contribution < 1.29 is 22.2 Å². The van der Waals surface area contributed by atoms with Gasteiger partial charge in [0, 0.05) is 18.0 Å². The van der Waals surface area contributed by atoms with Crippen LogP contribution in [0, 0.1) is 0 Å². The van der Waals surface area contributed by atoms with Crippen LogP contribution in [-0.4, -0.2) is 56.5 Å². The summed E-state index contributed by atoms with van der Waals surface area (Å²) in [6, 6.07) is 12.8. The predicted molar refractivity (Wildman–Crippen MR) is 154 cm³/mol. The molecule has 0 saturated carbocycles. The zero-order valence-electron chi connectivity index (χ0n) is 22.4. The normalized spacial score (nSPS) is 19.1. The molecule has 1 amide bonds. The standard InChI is InChI=1S/C28H30ClF3N6O2S/c1-41(40,37-26(39)28(30,31)32)24-7-3-2-6-23(24)35-25-22(29)17-33-27(36-25)34-20-11-8-18-9-12-21(13-10-19(18)16-20)38-14-4-5-15-38/h2-3,6-8,11,16-17,21H,4-5,9-10,12-15H2,1H3,(H2,33,34,35,36)/t21-,41?/m0/s1. The topological polar surface area (TPSA) is 99.6 Å². The summed E-state index contributed by atoms with van der Waals surface area (Å²) in [5, 5.41) is 6.25. The molecule has 0 spiro atoms. The molecule has 1 saturated heterocycles. The number of carbonyl (C=O) groups is 1. The van der Waals surface area contributed by atoms with Gasteiger partial charge in [0.25, 0.3) is 0 Å². The van der Waals surface area contributed by atoms with Crippen molar-refractivity contribution in [3.63, 3.8) is 0 Å². The fraction of sp³-hybridized carbons (Fsp3) is 0.393. The monoisotopic (exact) mass is 606 g/mol. The molecule has 1 aliphatic carbocycles. The van der Waals surface area contributed by atoms with E-state index in [4.69, 9.17) is 11.6 Å². The number of alkyl halides is 3. The number of para-hydroxylation sites is 1. The van der Waals surface area contributed by atoms with Crippen LogP contribution < -0.4 is 10.6 Å². The number of carbonyl (C=O) groups excluding carboxylic acids is 1. The molecule has 2 aliphatic rings. The van der Waals surface area contributed by atoms with Crippen molar-refractivity contribution in [3.05, 3.63) is 64.8 Å². The molecule has 2 N–H and O–H groups in total. The largest absolute Gasteiger partial charge is 0.474 e. The Hall–Kier alpha value is -3.22. The maximum Gasteiger partial charge on any atom is 0.474 e. The van der Waals surface area contributed by atoms with Crippen molar-refractivity contribution in [2.24, 2.45) is 4.36 Å². The zero-order valence-corrected chi connectivity index (χ0v) is 24.0. The molecule has 8 nitrogen and oxygen atoms in total. The number of fused-ring (bicyclic) bond motifs is 1. The third-order valence-electron chi connectivity index (χ3n) is 7.41. The van der Waals surface area contributed by atoms with Crippen LogP contribution in [0.2, 0.25) is 5.02 Å². The van der Waals surface area contributed by atoms with Crippen LogP contribution in [-0.2, 0) is 27.4 Å². The molecular formula is C28H30ClF3N6O2S. The number of halogens is 4. The van der Waals surface area contributed by atoms with E-state index in [0.717, 1.165) is 31.2 Å². The third kappa shape index (κ3) is 6.99. The van der Waals surface area contributed by atoms with Gasteiger partial charge in [-0.25, -0.2) is 9.19 Å². The van der Waals surface area contributed by atoms with Crippen LogP contribution in [0.25, 0.3) is 0 Å². The number of aryl methyl sites for hydroxylation is 2. The number of benzene rings is 2. The summed E-state index contributed by atoms with van der Waals surface area (Å²) >= 11 is 6.32. The maximum absolute atomic E-state index is 13.1. The van der Waals surface area contributed by atoms with Crippen molar-refractivity contribution in [1.82, 2.24) is 14.9 Å². The van der Waals surface area contributed by atoms with Crippen molar-refractivity contribution in [2.45, 2.75) is 55.6 Å². The Bertz CT molecular complexity index is 1570. The smallest absolute Gasteiger partial charge is 0.338 e. The van der Waals surface area contributed by atoms with Crippen LogP contribution in [0.4, 0.5) is 36.3 Å². The summed E-state index contributed by atoms with van der Waals surface area (Å²) < 4.78 is 54.4. The molecule has 1 fully saturated rings. The molecule has 13 heteroatoms. The number of nitrogens with one attached hydrogen (secondary N) is 2. The maximum atomic E-state index is 13.1. The number of rotatable bonds is 6. The van der Waals surface area contributed by atoms with Gasteiger partial charge < -0.3 is 15.5 Å². The second kappa shape index (κ2) is 11.9. The number of amides is 1. The summed E-state index contributed by atoms with van der Waals surface area (Å²) in [7, 11) is -3.75. The minimum atomic E-state index is -5.23. The van der Waals surface area contributed by atoms with E-state index >= 15 is 0 Å². The van der Waals surface area contributed by atoms with E-state index in [9.17, 15) is 22.2 Å². The fourth-order valence-electron chi connectivity index (χ4n) is 5.37. The van der Waals surface area contributed by atoms with Crippen LogP contribution >= 0.6 is 11.6 Å². The van der Waals surface area contributed by atoms with E-state index in [1.54, 1.807) is 6.07 Å². The Labute approximate surface area is 241 Å². The van der Waals surface area contributed by atoms with Gasteiger partial charge in [-0.15, -0.1) is 4.36 Å². The highest BCUT2D eigenvalue weighted by Gasteiger charge is 2.39. The van der Waals surface area contributed by atoms with E-state index in [-0.39, 0.29) is 27.4 Å². The molecule has 0 bridgehead atoms. The molecule has 3 aromatic rings. The Morgan fingerprint density at radius 1 is 1.07 bits per heavy atom. The van der Waals surface area contributed by atoms with Gasteiger partial charge in [0.15, 0.2) is 5.82 Å². The lowest BCUT2D eigenvalue weighted by Gasteiger charge is -2.25. The minimum Gasteiger partial charge on any atom is -0.338 e. The first-order valence-electron chi connectivity index (χ1n) is 13.3. The molecule has 5 rings (SSSR count). The van der Waals surface area contributed by atoms with E-state index in [0.29, 0.717) is 6.04 Å². The van der Waals surface area contributed by atoms with Gasteiger partial charge in [0.05, 0.1) is 26.5 Å². The quantitative estimate of drug-likeness (QED) is 0.309. The number of aromatic nitrogens is 2. The molecule has 2 heterocycles. The molecule has 0 radical (unpaired) electrons. The summed E-state index contributed by atoms with van der Waals surface area (Å²) in [5.41, 5.74) is 3.61. The number of nitrogens with zero attached hydrogens (tertiary/aromatic N) is 4. The molecule has 41 heavy (non-hydrogen) atoms. The summed E-state index contributed by atoms with van der Waals surface area (Å²) in [6.45, 7) is 2.39. The van der Waals surface area contributed by atoms with Gasteiger partial charge in [-0.2, -0.15) is 18.2 Å². The Morgan fingerprint density at radius 3 is 2.51 bits per heavy atom. The first-order chi connectivity index (χ1) is 19.5. The number of hydrogen-bond acceptors (Lipinski definition) is 7. The first kappa shape index (κ1) is 29.3. The van der Waals surface area contributed by atoms with Crippen molar-refractivity contribution in [1.29, 1.82) is 0 Å². The second-order valence-electron chi connectivity index (χ2n) is 10.3. The average molecular weight is 607 g/mol. The fourth-order valence-corrected chi connectivity index (χ4v) is 6.89. The molecular weight excluding hydrogens is 577 g/mol. The summed E-state index contributed by atoms with van der Waals surface area (Å²) in [4.78, 5) is 22.7. The van der Waals surface area contributed by atoms with E-state index < -0.39 is 21.8 Å². The lowest BCUT2D eigenvalue weighted by molar-refractivity contribution is -0.169. The van der Waals surface area contributed by atoms with Crippen LogP contribution in [0.15, 0.2) is 57.9 Å². The highest BCUT2D eigenvalue weighted by atomic mass is 35.5. The third-order valence-corrected chi connectivity index (χ3v) is 9.37. The van der Waals surface area contributed by atoms with Gasteiger partial charge in [-0.05, 0) is 87.0 Å². The van der Waals surface area contributed by atoms with Gasteiger partial charge in [-0.3, -0.25) is 4.79 Å². The van der Waals surface area contributed by atoms with Gasteiger partial charge in [0.2, 0.25) is 5.95 Å². The molecule has 218 valence electrons. The van der Waals surface area contributed by atoms with Crippen molar-refractivity contribution in [3.8, 4) is 0 Å². The molecule has 2 aromatic carbocycles. The van der Waals surface area contributed by atoms with E-state index in [2.05, 4.69) is 42.0 Å². The second-order valence-corrected chi connectivity index (χ2v) is 12.9. The summed E-state index contributed by atoms with van der Waals surface area (Å²) in [5.74, 6) is -2.04. The molecule has 1 unspecified atom stereocenters. The molecule has 1 aromatic heterocycles. The molecule has 2 atom stereocenters. The zero-order chi connectivity index (χ0) is 29.2. The van der Waals surface area contributed by atoms with E-state index in [1.165, 1.54) is 67.9 Å². The number of hydrogen-bond donors (Lipinski definition) is 2. The van der Waals surface area contributed by atoms with Crippen LogP contribution in [0.5, 0.6) is 0 Å². The lowest BCUT2D eigenvalue weighted by atomic mass is 10.0. The number of anilines is 4. The predicted octanol–water partition coefficient (Wildman–Crippen LogP) is 6.51. The minimum absolute atomic E-state index is 0.0974. The Balaban J connectivity index is 1.35. The van der Waals surface area contributed by atoms with Gasteiger partial charge >= 0.3 is 12.1 Å². The first-order valence-corrected chi connectivity index (χ1v) is 15.6. The lowest BCUT2D eigenvalue weighted by Crippen LogP contribution is -2.32. The van der Waals surface area contributed by atoms with Crippen LogP contribution in [0.1, 0.15) is 36.8 Å². The van der Waals surface area contributed by atoms with Gasteiger partial charge in [-0.1, -0.05) is 29.8 Å². The van der Waals surface area contributed by atoms with Crippen molar-refractivity contribution in [2.75, 3.05) is 30.0 Å². The van der Waals surface area contributed by atoms with E-state index in [1.807, 2.05) is 6.07 Å². The highest BCUT2D eigenvalue weighted by Crippen LogP contribution is 2.32. The number of likely N-dealkylation sites (tertiary alicyclic amines) is 1. The Morgan fingerprint density at radius 2 is 1.78 bits per heavy atom. The Kier molecular flexibility index (Phi) is 8.53. The molecule has 1 aliphatic heterocycles. The van der Waals surface area contributed by atoms with Gasteiger partial charge in [0.1, 0.15) is 5.02 Å². The van der Waals surface area contributed by atoms with Crippen LogP contribution in [0.3, 0.4) is 0 Å². The average Bonchev–Trinajstić information content (AvgIpc) is 3.37. The SMILES string of the molecule is CS(=O)(=NC(=O)C(F)(F)F)c1ccccc1Nc1nc(Nc2ccc3c(c2)CC[C@@H](N2CCCC2)CC3)ncc1Cl. The highest BCUT2D eigenvalue weighted by molar-refractivity contribution is 7.93. The van der Waals surface area contributed by atoms with Crippen molar-refractivity contribution >= 4 is 50.4 Å². The summed E-state index contributed by atoms with van der Waals surface area (Å²) in [6.07, 6.45) is 4.02.